The molecule has 3 saturated heterocycles. The van der Waals surface area contributed by atoms with Gasteiger partial charge in [0.15, 0.2) is 0 Å². The number of piperidine rings is 1. The van der Waals surface area contributed by atoms with E-state index >= 15 is 0 Å². The maximum absolute atomic E-state index is 13.7. The number of carbonyl (C=O) groups excluding carboxylic acids is 3. The van der Waals surface area contributed by atoms with Crippen LogP contribution in [-0.4, -0.2) is 97.9 Å². The third-order valence-corrected chi connectivity index (χ3v) is 8.26. The fourth-order valence-corrected chi connectivity index (χ4v) is 6.29. The summed E-state index contributed by atoms with van der Waals surface area (Å²) in [6, 6.07) is 17.5. The molecule has 3 atom stereocenters. The third kappa shape index (κ3) is 4.52. The zero-order valence-electron chi connectivity index (χ0n) is 21.3. The topological polar surface area (TPSA) is 79.4 Å². The standard InChI is InChI=1S/C28H34N6O3/c1-30-17-22(26-23(18-30)28(37)34(29-26)21-8-3-2-4-9-21)27(36)32-15-13-31(14-16-32)19-25(35)33-12-11-20-7-5-6-10-24(20)33/h2-10,22-23,26,29H,11-19H2,1H3. The number of piperazine rings is 1. The predicted molar refractivity (Wildman–Crippen MR) is 141 cm³/mol. The van der Waals surface area contributed by atoms with Crippen LogP contribution in [0.4, 0.5) is 11.4 Å². The maximum atomic E-state index is 13.7. The van der Waals surface area contributed by atoms with Gasteiger partial charge in [0.25, 0.3) is 0 Å². The Morgan fingerprint density at radius 3 is 2.43 bits per heavy atom. The molecule has 4 aliphatic heterocycles. The summed E-state index contributed by atoms with van der Waals surface area (Å²) in [6.07, 6.45) is 0.903. The SMILES string of the molecule is CN1CC(C(=O)N2CCN(CC(=O)N3CCc4ccccc43)CC2)C2NN(c3ccccc3)C(=O)C2C1. The molecule has 3 amide bonds. The molecule has 0 bridgehead atoms. The second kappa shape index (κ2) is 9.89. The van der Waals surface area contributed by atoms with Gasteiger partial charge >= 0.3 is 0 Å². The van der Waals surface area contributed by atoms with Crippen LogP contribution in [0.3, 0.4) is 0 Å². The van der Waals surface area contributed by atoms with E-state index in [2.05, 4.69) is 21.3 Å². The fourth-order valence-electron chi connectivity index (χ4n) is 6.29. The van der Waals surface area contributed by atoms with Crippen molar-refractivity contribution in [2.75, 3.05) is 69.3 Å². The highest BCUT2D eigenvalue weighted by molar-refractivity contribution is 5.98. The van der Waals surface area contributed by atoms with Crippen LogP contribution in [0, 0.1) is 11.8 Å². The number of benzene rings is 2. The quantitative estimate of drug-likeness (QED) is 0.667. The second-order valence-corrected chi connectivity index (χ2v) is 10.6. The Balaban J connectivity index is 1.07. The highest BCUT2D eigenvalue weighted by atomic mass is 16.2. The lowest BCUT2D eigenvalue weighted by molar-refractivity contribution is -0.141. The van der Waals surface area contributed by atoms with E-state index in [1.165, 1.54) is 5.56 Å². The molecule has 37 heavy (non-hydrogen) atoms. The van der Waals surface area contributed by atoms with Crippen LogP contribution in [0.25, 0.3) is 0 Å². The zero-order chi connectivity index (χ0) is 25.5. The van der Waals surface area contributed by atoms with Gasteiger partial charge in [-0.15, -0.1) is 0 Å². The van der Waals surface area contributed by atoms with Crippen molar-refractivity contribution in [2.24, 2.45) is 11.8 Å². The minimum atomic E-state index is -0.296. The van der Waals surface area contributed by atoms with Gasteiger partial charge in [0, 0.05) is 51.5 Å². The largest absolute Gasteiger partial charge is 0.340 e. The van der Waals surface area contributed by atoms with E-state index in [1.807, 2.05) is 65.4 Å². The lowest BCUT2D eigenvalue weighted by Gasteiger charge is -2.41. The van der Waals surface area contributed by atoms with Gasteiger partial charge in [0.1, 0.15) is 0 Å². The first kappa shape index (κ1) is 24.1. The maximum Gasteiger partial charge on any atom is 0.247 e. The molecule has 194 valence electrons. The van der Waals surface area contributed by atoms with Crippen molar-refractivity contribution in [3.05, 3.63) is 60.2 Å². The summed E-state index contributed by atoms with van der Waals surface area (Å²) < 4.78 is 0. The van der Waals surface area contributed by atoms with Gasteiger partial charge in [-0.2, -0.15) is 0 Å². The van der Waals surface area contributed by atoms with Crippen LogP contribution in [0.1, 0.15) is 5.56 Å². The molecule has 4 heterocycles. The third-order valence-electron chi connectivity index (χ3n) is 8.26. The number of hydrazine groups is 1. The fraction of sp³-hybridized carbons (Fsp3) is 0.464. The minimum absolute atomic E-state index is 0.0207. The summed E-state index contributed by atoms with van der Waals surface area (Å²) in [5.74, 6) is -0.314. The molecule has 9 nitrogen and oxygen atoms in total. The molecule has 3 unspecified atom stereocenters. The second-order valence-electron chi connectivity index (χ2n) is 10.6. The Morgan fingerprint density at radius 2 is 1.65 bits per heavy atom. The molecule has 3 fully saturated rings. The van der Waals surface area contributed by atoms with Crippen LogP contribution in [0.15, 0.2) is 54.6 Å². The van der Waals surface area contributed by atoms with Crippen molar-refractivity contribution in [2.45, 2.75) is 12.5 Å². The van der Waals surface area contributed by atoms with Crippen molar-refractivity contribution >= 4 is 29.1 Å². The summed E-state index contributed by atoms with van der Waals surface area (Å²) in [7, 11) is 1.98. The van der Waals surface area contributed by atoms with Crippen LogP contribution in [0.2, 0.25) is 0 Å². The van der Waals surface area contributed by atoms with Gasteiger partial charge in [0.05, 0.1) is 30.1 Å². The summed E-state index contributed by atoms with van der Waals surface area (Å²) in [5, 5.41) is 1.62. The van der Waals surface area contributed by atoms with Crippen molar-refractivity contribution in [3.8, 4) is 0 Å². The summed E-state index contributed by atoms with van der Waals surface area (Å²) in [5.41, 5.74) is 6.43. The van der Waals surface area contributed by atoms with Gasteiger partial charge in [-0.1, -0.05) is 36.4 Å². The van der Waals surface area contributed by atoms with Crippen LogP contribution in [0.5, 0.6) is 0 Å². The van der Waals surface area contributed by atoms with Crippen molar-refractivity contribution in [1.82, 2.24) is 20.1 Å². The van der Waals surface area contributed by atoms with E-state index in [1.54, 1.807) is 5.01 Å². The van der Waals surface area contributed by atoms with Crippen molar-refractivity contribution < 1.29 is 14.4 Å². The summed E-state index contributed by atoms with van der Waals surface area (Å²) in [4.78, 5) is 48.0. The summed E-state index contributed by atoms with van der Waals surface area (Å²) in [6.45, 7) is 4.90. The van der Waals surface area contributed by atoms with E-state index in [0.717, 1.165) is 24.3 Å². The highest BCUT2D eigenvalue weighted by Gasteiger charge is 2.51. The number of amides is 3. The number of rotatable bonds is 4. The number of hydrogen-bond acceptors (Lipinski definition) is 6. The molecule has 0 aliphatic carbocycles. The Hall–Kier alpha value is -3.27. The number of nitrogens with zero attached hydrogens (tertiary/aromatic N) is 5. The predicted octanol–water partition coefficient (Wildman–Crippen LogP) is 0.818. The number of likely N-dealkylation sites (tertiary alicyclic amines) is 1. The van der Waals surface area contributed by atoms with E-state index in [-0.39, 0.29) is 35.6 Å². The first-order valence-electron chi connectivity index (χ1n) is 13.2. The molecule has 4 aliphatic rings. The number of fused-ring (bicyclic) bond motifs is 2. The normalized spacial score (nSPS) is 26.4. The van der Waals surface area contributed by atoms with Gasteiger partial charge in [-0.3, -0.25) is 19.3 Å². The van der Waals surface area contributed by atoms with E-state index < -0.39 is 0 Å². The molecular weight excluding hydrogens is 468 g/mol. The van der Waals surface area contributed by atoms with Gasteiger partial charge in [-0.05, 0) is 37.2 Å². The number of nitrogens with one attached hydrogen (secondary N) is 1. The van der Waals surface area contributed by atoms with Crippen LogP contribution < -0.4 is 15.3 Å². The minimum Gasteiger partial charge on any atom is -0.340 e. The van der Waals surface area contributed by atoms with Gasteiger partial charge in [0.2, 0.25) is 17.7 Å². The first-order valence-corrected chi connectivity index (χ1v) is 13.2. The Kier molecular flexibility index (Phi) is 6.44. The molecular formula is C28H34N6O3. The van der Waals surface area contributed by atoms with Crippen LogP contribution in [-0.2, 0) is 20.8 Å². The zero-order valence-corrected chi connectivity index (χ0v) is 21.3. The molecule has 0 spiro atoms. The lowest BCUT2D eigenvalue weighted by atomic mass is 9.84. The molecule has 6 rings (SSSR count). The Labute approximate surface area is 217 Å². The lowest BCUT2D eigenvalue weighted by Crippen LogP contribution is -2.59. The van der Waals surface area contributed by atoms with Crippen LogP contribution >= 0.6 is 0 Å². The average molecular weight is 503 g/mol. The van der Waals surface area contributed by atoms with E-state index in [9.17, 15) is 14.4 Å². The summed E-state index contributed by atoms with van der Waals surface area (Å²) >= 11 is 0. The van der Waals surface area contributed by atoms with Gasteiger partial charge < -0.3 is 14.7 Å². The first-order chi connectivity index (χ1) is 18.0. The van der Waals surface area contributed by atoms with E-state index in [0.29, 0.717) is 45.8 Å². The Morgan fingerprint density at radius 1 is 0.919 bits per heavy atom. The van der Waals surface area contributed by atoms with E-state index in [4.69, 9.17) is 0 Å². The van der Waals surface area contributed by atoms with Crippen molar-refractivity contribution in [1.29, 1.82) is 0 Å². The number of para-hydroxylation sites is 2. The number of hydrogen-bond donors (Lipinski definition) is 1. The average Bonchev–Trinajstić information content (AvgIpc) is 3.50. The monoisotopic (exact) mass is 502 g/mol. The molecule has 2 aromatic rings. The van der Waals surface area contributed by atoms with Gasteiger partial charge in [-0.25, -0.2) is 10.4 Å². The highest BCUT2D eigenvalue weighted by Crippen LogP contribution is 2.32. The molecule has 0 aromatic heterocycles. The molecule has 1 N–H and O–H groups in total. The molecule has 9 heteroatoms. The molecule has 0 saturated carbocycles. The Bertz CT molecular complexity index is 1180. The smallest absolute Gasteiger partial charge is 0.247 e. The van der Waals surface area contributed by atoms with Crippen molar-refractivity contribution in [3.63, 3.8) is 0 Å². The molecule has 0 radical (unpaired) electrons. The molecule has 2 aromatic carbocycles. The number of carbonyl (C=O) groups is 3. The number of anilines is 2.